The van der Waals surface area contributed by atoms with E-state index in [1.165, 1.54) is 6.20 Å². The highest BCUT2D eigenvalue weighted by molar-refractivity contribution is 6.32. The van der Waals surface area contributed by atoms with Crippen molar-refractivity contribution < 1.29 is 23.8 Å². The van der Waals surface area contributed by atoms with Gasteiger partial charge in [0.05, 0.1) is 16.8 Å². The van der Waals surface area contributed by atoms with E-state index in [-0.39, 0.29) is 13.2 Å². The molecule has 9 heteroatoms. The number of hydrogen-bond donors (Lipinski definition) is 1. The lowest BCUT2D eigenvalue weighted by Gasteiger charge is -2.31. The second-order valence-corrected chi connectivity index (χ2v) is 11.9. The van der Waals surface area contributed by atoms with Crippen LogP contribution in [0.5, 0.6) is 11.5 Å². The lowest BCUT2D eigenvalue weighted by atomic mass is 9.96. The molecule has 1 N–H and O–H groups in total. The number of rotatable bonds is 10. The van der Waals surface area contributed by atoms with Crippen LogP contribution >= 0.6 is 11.6 Å². The monoisotopic (exact) mass is 621 g/mol. The number of ether oxygens (including phenoxy) is 2. The number of carboxylic acid groups (broad SMARTS) is 1. The zero-order chi connectivity index (χ0) is 31.6. The molecule has 0 bridgehead atoms. The first-order chi connectivity index (χ1) is 21.7. The van der Waals surface area contributed by atoms with E-state index in [9.17, 15) is 15.2 Å². The van der Waals surface area contributed by atoms with Gasteiger partial charge in [0, 0.05) is 41.5 Å². The van der Waals surface area contributed by atoms with Crippen LogP contribution < -0.4 is 9.47 Å². The van der Waals surface area contributed by atoms with Gasteiger partial charge >= 0.3 is 5.97 Å². The van der Waals surface area contributed by atoms with Gasteiger partial charge in [-0.05, 0) is 79.8 Å². The molecule has 1 fully saturated rings. The van der Waals surface area contributed by atoms with Crippen molar-refractivity contribution in [1.29, 1.82) is 5.26 Å². The number of fused-ring (bicyclic) bond motifs is 1. The van der Waals surface area contributed by atoms with Crippen LogP contribution in [0.15, 0.2) is 83.7 Å². The van der Waals surface area contributed by atoms with Crippen LogP contribution in [0.3, 0.4) is 0 Å². The van der Waals surface area contributed by atoms with E-state index in [1.54, 1.807) is 37.6 Å². The molecule has 0 saturated carbocycles. The maximum atomic E-state index is 12.2. The quantitative estimate of drug-likeness (QED) is 0.167. The summed E-state index contributed by atoms with van der Waals surface area (Å²) in [5.41, 5.74) is 6.00. The van der Waals surface area contributed by atoms with Gasteiger partial charge in [-0.15, -0.1) is 0 Å². The summed E-state index contributed by atoms with van der Waals surface area (Å²) in [5, 5.41) is 20.7. The molecule has 228 valence electrons. The van der Waals surface area contributed by atoms with Crippen LogP contribution in [-0.2, 0) is 24.6 Å². The first kappa shape index (κ1) is 30.2. The highest BCUT2D eigenvalue weighted by Gasteiger charge is 2.43. The third-order valence-corrected chi connectivity index (χ3v) is 8.94. The van der Waals surface area contributed by atoms with Crippen molar-refractivity contribution in [2.24, 2.45) is 0 Å². The van der Waals surface area contributed by atoms with Gasteiger partial charge in [-0.1, -0.05) is 41.9 Å². The first-order valence-electron chi connectivity index (χ1n) is 14.7. The van der Waals surface area contributed by atoms with Crippen LogP contribution in [0.1, 0.15) is 47.6 Å². The molecule has 8 nitrogen and oxygen atoms in total. The van der Waals surface area contributed by atoms with Crippen molar-refractivity contribution in [2.45, 2.75) is 52.0 Å². The van der Waals surface area contributed by atoms with Crippen molar-refractivity contribution in [3.63, 3.8) is 0 Å². The molecule has 45 heavy (non-hydrogen) atoms. The van der Waals surface area contributed by atoms with Crippen LogP contribution in [0.4, 0.5) is 0 Å². The van der Waals surface area contributed by atoms with E-state index in [2.05, 4.69) is 30.1 Å². The number of aromatic nitrogens is 1. The molecule has 0 unspecified atom stereocenters. The minimum atomic E-state index is -0.978. The van der Waals surface area contributed by atoms with E-state index in [0.717, 1.165) is 50.8 Å². The average Bonchev–Trinajstić information content (AvgIpc) is 3.67. The summed E-state index contributed by atoms with van der Waals surface area (Å²) in [5.74, 6) is 0.117. The van der Waals surface area contributed by atoms with Crippen molar-refractivity contribution >= 4 is 28.5 Å². The Morgan fingerprint density at radius 2 is 1.93 bits per heavy atom. The summed E-state index contributed by atoms with van der Waals surface area (Å²) in [6.45, 7) is 5.25. The minimum Gasteiger partial charge on any atom is -0.488 e. The third-order valence-electron chi connectivity index (χ3n) is 8.64. The van der Waals surface area contributed by atoms with Gasteiger partial charge in [-0.25, -0.2) is 0 Å². The molecule has 5 aromatic rings. The maximum Gasteiger partial charge on any atom is 0.323 e. The molecule has 3 aromatic carbocycles. The number of hydrogen-bond acceptors (Lipinski definition) is 7. The standard InChI is InChI=1S/C36H32ClN3O5/c1-23-28(5-3-6-30(23)27-8-7-26-9-12-43-32(26)15-27)22-45-34-16-33(44-21-25-13-24(17-38)18-39-19-25)29(14-31(34)37)20-40-11-4-10-36(40,2)35(41)42/h3,5-9,12-16,18-19H,4,10-11,20-22H2,1-2H3,(H,41,42)/t36-/m0/s1. The molecular weight excluding hydrogens is 590 g/mol. The molecule has 0 aliphatic carbocycles. The molecule has 3 heterocycles. The minimum absolute atomic E-state index is 0.161. The fraction of sp³-hybridized carbons (Fsp3) is 0.250. The van der Waals surface area contributed by atoms with Crippen LogP contribution in [-0.4, -0.2) is 33.0 Å². The maximum absolute atomic E-state index is 12.2. The molecule has 1 aliphatic heterocycles. The molecule has 1 aliphatic rings. The lowest BCUT2D eigenvalue weighted by molar-refractivity contribution is -0.148. The highest BCUT2D eigenvalue weighted by atomic mass is 35.5. The molecule has 1 saturated heterocycles. The van der Waals surface area contributed by atoms with Crippen LogP contribution in [0, 0.1) is 18.3 Å². The average molecular weight is 622 g/mol. The van der Waals surface area contributed by atoms with Gasteiger partial charge in [0.15, 0.2) is 0 Å². The van der Waals surface area contributed by atoms with Gasteiger partial charge < -0.3 is 19.0 Å². The molecular formula is C36H32ClN3O5. The van der Waals surface area contributed by atoms with E-state index in [4.69, 9.17) is 25.5 Å². The van der Waals surface area contributed by atoms with E-state index < -0.39 is 11.5 Å². The topological polar surface area (TPSA) is 109 Å². The summed E-state index contributed by atoms with van der Waals surface area (Å²) in [7, 11) is 0. The van der Waals surface area contributed by atoms with Crippen molar-refractivity contribution in [2.75, 3.05) is 6.54 Å². The smallest absolute Gasteiger partial charge is 0.323 e. The van der Waals surface area contributed by atoms with Gasteiger partial charge in [0.1, 0.15) is 41.9 Å². The fourth-order valence-electron chi connectivity index (χ4n) is 5.88. The van der Waals surface area contributed by atoms with Crippen molar-refractivity contribution in [1.82, 2.24) is 9.88 Å². The highest BCUT2D eigenvalue weighted by Crippen LogP contribution is 2.38. The molecule has 0 amide bonds. The second-order valence-electron chi connectivity index (χ2n) is 11.5. The number of carboxylic acids is 1. The number of carbonyl (C=O) groups is 1. The molecule has 0 radical (unpaired) electrons. The summed E-state index contributed by atoms with van der Waals surface area (Å²) >= 11 is 6.78. The normalized spacial score (nSPS) is 16.5. The number of pyridine rings is 1. The summed E-state index contributed by atoms with van der Waals surface area (Å²) in [6.07, 6.45) is 6.18. The Morgan fingerprint density at radius 1 is 1.09 bits per heavy atom. The predicted octanol–water partition coefficient (Wildman–Crippen LogP) is 7.93. The molecule has 6 rings (SSSR count). The number of furan rings is 1. The van der Waals surface area contributed by atoms with Crippen molar-refractivity contribution in [3.8, 4) is 28.7 Å². The van der Waals surface area contributed by atoms with Gasteiger partial charge in [0.2, 0.25) is 0 Å². The fourth-order valence-corrected chi connectivity index (χ4v) is 6.12. The summed E-state index contributed by atoms with van der Waals surface area (Å²) < 4.78 is 18.2. The van der Waals surface area contributed by atoms with Crippen molar-refractivity contribution in [3.05, 3.63) is 112 Å². The number of nitriles is 1. The Bertz CT molecular complexity index is 1930. The Balaban J connectivity index is 1.27. The van der Waals surface area contributed by atoms with E-state index in [0.29, 0.717) is 41.6 Å². The van der Waals surface area contributed by atoms with Gasteiger partial charge in [-0.2, -0.15) is 5.26 Å². The summed E-state index contributed by atoms with van der Waals surface area (Å²) in [6, 6.07) is 21.6. The Morgan fingerprint density at radius 3 is 2.76 bits per heavy atom. The first-order valence-corrected chi connectivity index (χ1v) is 15.1. The van der Waals surface area contributed by atoms with Crippen LogP contribution in [0.2, 0.25) is 5.02 Å². The third kappa shape index (κ3) is 6.23. The second kappa shape index (κ2) is 12.6. The number of nitrogens with zero attached hydrogens (tertiary/aromatic N) is 3. The summed E-state index contributed by atoms with van der Waals surface area (Å²) in [4.78, 5) is 18.2. The SMILES string of the molecule is Cc1c(COc2cc(OCc3cncc(C#N)c3)c(CN3CCC[C@@]3(C)C(=O)O)cc2Cl)cccc1-c1ccc2ccoc2c1. The molecule has 0 spiro atoms. The Hall–Kier alpha value is -4.84. The van der Waals surface area contributed by atoms with Gasteiger partial charge in [0.25, 0.3) is 0 Å². The number of halogens is 1. The van der Waals surface area contributed by atoms with Gasteiger partial charge in [-0.3, -0.25) is 14.7 Å². The molecule has 1 atom stereocenters. The number of benzene rings is 3. The predicted molar refractivity (Wildman–Crippen MR) is 171 cm³/mol. The van der Waals surface area contributed by atoms with E-state index in [1.807, 2.05) is 35.2 Å². The van der Waals surface area contributed by atoms with E-state index >= 15 is 0 Å². The van der Waals surface area contributed by atoms with Crippen LogP contribution in [0.25, 0.3) is 22.1 Å². The lowest BCUT2D eigenvalue weighted by Crippen LogP contribution is -2.47. The zero-order valence-corrected chi connectivity index (χ0v) is 25.8. The largest absolute Gasteiger partial charge is 0.488 e. The number of aliphatic carboxylic acids is 1. The Labute approximate surface area is 266 Å². The molecule has 2 aromatic heterocycles. The zero-order valence-electron chi connectivity index (χ0n) is 25.0. The number of likely N-dealkylation sites (tertiary alicyclic amines) is 1. The Kier molecular flexibility index (Phi) is 8.48.